The number of carbonyl (C=O) groups is 1. The largest absolute Gasteiger partial charge is 0.382 e. The lowest BCUT2D eigenvalue weighted by molar-refractivity contribution is 0.0255. The minimum Gasteiger partial charge on any atom is -0.382 e. The number of nitrogens with one attached hydrogen (secondary N) is 1. The maximum atomic E-state index is 11.9. The summed E-state index contributed by atoms with van der Waals surface area (Å²) in [6.07, 6.45) is 0. The van der Waals surface area contributed by atoms with Crippen molar-refractivity contribution in [1.82, 2.24) is 5.32 Å². The minimum absolute atomic E-state index is 0.166. The van der Waals surface area contributed by atoms with Crippen LogP contribution in [0.5, 0.6) is 0 Å². The third kappa shape index (κ3) is 8.33. The molecule has 1 rings (SSSR count). The smallest absolute Gasteiger partial charge is 0.251 e. The second kappa shape index (κ2) is 10.9. The Balaban J connectivity index is 2.11. The van der Waals surface area contributed by atoms with E-state index in [9.17, 15) is 4.79 Å². The van der Waals surface area contributed by atoms with Crippen LogP contribution in [0, 0.1) is 0 Å². The predicted molar refractivity (Wildman–Crippen MR) is 86.8 cm³/mol. The van der Waals surface area contributed by atoms with Crippen molar-refractivity contribution < 1.29 is 19.0 Å². The van der Waals surface area contributed by atoms with E-state index in [1.807, 2.05) is 0 Å². The Hall–Kier alpha value is -0.730. The average Bonchev–Trinajstić information content (AvgIpc) is 2.44. The Morgan fingerprint density at radius 1 is 1.00 bits per heavy atom. The van der Waals surface area contributed by atoms with Gasteiger partial charge in [0, 0.05) is 29.0 Å². The first kappa shape index (κ1) is 18.3. The summed E-state index contributed by atoms with van der Waals surface area (Å²) in [5, 5.41) is 2.77. The monoisotopic (exact) mass is 331 g/mol. The lowest BCUT2D eigenvalue weighted by atomic mass is 10.2. The highest BCUT2D eigenvalue weighted by Gasteiger charge is 2.06. The van der Waals surface area contributed by atoms with E-state index in [4.69, 9.17) is 14.2 Å². The van der Waals surface area contributed by atoms with Crippen LogP contribution < -0.4 is 5.32 Å². The van der Waals surface area contributed by atoms with Gasteiger partial charge in [-0.1, -0.05) is 0 Å². The van der Waals surface area contributed by atoms with Gasteiger partial charge in [0.2, 0.25) is 0 Å². The van der Waals surface area contributed by atoms with Gasteiger partial charge in [-0.25, -0.2) is 0 Å². The standard InChI is InChI=1S/C14H21NO4S2/c1-17-4-5-19-7-6-18-3-2-15-14(16)11-8-12(20)10-13(21)9-11/h8-10,20-21H,2-7H2,1H3,(H,15,16). The summed E-state index contributed by atoms with van der Waals surface area (Å²) in [6.45, 7) is 3.02. The van der Waals surface area contributed by atoms with Crippen molar-refractivity contribution in [2.45, 2.75) is 9.79 Å². The van der Waals surface area contributed by atoms with Crippen LogP contribution in [-0.2, 0) is 14.2 Å². The first-order valence-electron chi connectivity index (χ1n) is 6.59. The molecule has 1 amide bonds. The van der Waals surface area contributed by atoms with Gasteiger partial charge in [-0.05, 0) is 18.2 Å². The van der Waals surface area contributed by atoms with Gasteiger partial charge >= 0.3 is 0 Å². The van der Waals surface area contributed by atoms with E-state index in [2.05, 4.69) is 30.6 Å². The molecule has 1 N–H and O–H groups in total. The Morgan fingerprint density at radius 2 is 1.57 bits per heavy atom. The Morgan fingerprint density at radius 3 is 2.19 bits per heavy atom. The summed E-state index contributed by atoms with van der Waals surface area (Å²) in [7, 11) is 1.63. The van der Waals surface area contributed by atoms with Gasteiger partial charge in [-0.15, -0.1) is 25.3 Å². The molecular weight excluding hydrogens is 310 g/mol. The van der Waals surface area contributed by atoms with E-state index in [1.165, 1.54) is 0 Å². The van der Waals surface area contributed by atoms with Gasteiger partial charge in [0.1, 0.15) is 0 Å². The van der Waals surface area contributed by atoms with Crippen molar-refractivity contribution in [3.63, 3.8) is 0 Å². The quantitative estimate of drug-likeness (QED) is 0.451. The summed E-state index contributed by atoms with van der Waals surface area (Å²) >= 11 is 8.43. The molecule has 0 unspecified atom stereocenters. The maximum Gasteiger partial charge on any atom is 0.251 e. The number of rotatable bonds is 10. The second-order valence-corrected chi connectivity index (χ2v) is 5.24. The summed E-state index contributed by atoms with van der Waals surface area (Å²) in [5.41, 5.74) is 0.537. The third-order valence-corrected chi connectivity index (χ3v) is 3.02. The molecule has 0 fully saturated rings. The lowest BCUT2D eigenvalue weighted by Crippen LogP contribution is -2.27. The molecule has 118 valence electrons. The zero-order valence-corrected chi connectivity index (χ0v) is 13.8. The van der Waals surface area contributed by atoms with Crippen molar-refractivity contribution in [3.8, 4) is 0 Å². The highest BCUT2D eigenvalue weighted by atomic mass is 32.1. The number of hydrogen-bond donors (Lipinski definition) is 3. The fourth-order valence-corrected chi connectivity index (χ4v) is 2.19. The Labute approximate surface area is 136 Å². The van der Waals surface area contributed by atoms with Gasteiger partial charge in [0.15, 0.2) is 0 Å². The average molecular weight is 331 g/mol. The van der Waals surface area contributed by atoms with Gasteiger partial charge in [0.25, 0.3) is 5.91 Å². The molecule has 0 heterocycles. The van der Waals surface area contributed by atoms with Crippen molar-refractivity contribution >= 4 is 31.2 Å². The van der Waals surface area contributed by atoms with E-state index in [-0.39, 0.29) is 5.91 Å². The van der Waals surface area contributed by atoms with Crippen molar-refractivity contribution in [2.24, 2.45) is 0 Å². The number of carbonyl (C=O) groups excluding carboxylic acids is 1. The fraction of sp³-hybridized carbons (Fsp3) is 0.500. The third-order valence-electron chi connectivity index (χ3n) is 2.50. The molecule has 1 aromatic rings. The molecule has 0 aliphatic rings. The van der Waals surface area contributed by atoms with Gasteiger partial charge in [-0.2, -0.15) is 0 Å². The van der Waals surface area contributed by atoms with Crippen LogP contribution in [0.15, 0.2) is 28.0 Å². The Bertz CT molecular complexity index is 423. The van der Waals surface area contributed by atoms with E-state index >= 15 is 0 Å². The van der Waals surface area contributed by atoms with Crippen LogP contribution in [0.2, 0.25) is 0 Å². The van der Waals surface area contributed by atoms with Crippen LogP contribution in [0.3, 0.4) is 0 Å². The molecule has 0 radical (unpaired) electrons. The van der Waals surface area contributed by atoms with E-state index in [0.717, 1.165) is 0 Å². The topological polar surface area (TPSA) is 56.8 Å². The summed E-state index contributed by atoms with van der Waals surface area (Å²) in [6, 6.07) is 5.17. The predicted octanol–water partition coefficient (Wildman–Crippen LogP) is 1.67. The number of ether oxygens (including phenoxy) is 3. The molecule has 0 spiro atoms. The zero-order valence-electron chi connectivity index (χ0n) is 12.0. The summed E-state index contributed by atoms with van der Waals surface area (Å²) in [5.74, 6) is -0.166. The molecule has 1 aromatic carbocycles. The van der Waals surface area contributed by atoms with Crippen molar-refractivity contribution in [3.05, 3.63) is 23.8 Å². The van der Waals surface area contributed by atoms with E-state index < -0.39 is 0 Å². The molecule has 7 heteroatoms. The van der Waals surface area contributed by atoms with Crippen LogP contribution in [0.25, 0.3) is 0 Å². The molecule has 0 saturated carbocycles. The molecule has 0 aliphatic heterocycles. The van der Waals surface area contributed by atoms with Crippen LogP contribution in [-0.4, -0.2) is 52.6 Å². The number of thiol groups is 2. The first-order valence-corrected chi connectivity index (χ1v) is 7.48. The lowest BCUT2D eigenvalue weighted by Gasteiger charge is -2.08. The molecule has 0 saturated heterocycles. The highest BCUT2D eigenvalue weighted by molar-refractivity contribution is 7.81. The molecule has 21 heavy (non-hydrogen) atoms. The zero-order chi connectivity index (χ0) is 15.5. The summed E-state index contributed by atoms with van der Waals surface area (Å²) in [4.78, 5) is 13.3. The van der Waals surface area contributed by atoms with Crippen LogP contribution in [0.1, 0.15) is 10.4 Å². The summed E-state index contributed by atoms with van der Waals surface area (Å²) < 4.78 is 15.4. The molecular formula is C14H21NO4S2. The number of hydrogen-bond acceptors (Lipinski definition) is 6. The van der Waals surface area contributed by atoms with Crippen LogP contribution in [0.4, 0.5) is 0 Å². The second-order valence-electron chi connectivity index (χ2n) is 4.21. The normalized spacial score (nSPS) is 10.6. The van der Waals surface area contributed by atoms with Gasteiger partial charge < -0.3 is 19.5 Å². The molecule has 5 nitrogen and oxygen atoms in total. The van der Waals surface area contributed by atoms with Gasteiger partial charge in [-0.3, -0.25) is 4.79 Å². The SMILES string of the molecule is COCCOCCOCCNC(=O)c1cc(S)cc(S)c1. The van der Waals surface area contributed by atoms with Crippen molar-refractivity contribution in [1.29, 1.82) is 0 Å². The molecule has 0 aliphatic carbocycles. The molecule has 0 atom stereocenters. The Kier molecular flexibility index (Phi) is 9.53. The number of benzene rings is 1. The number of methoxy groups -OCH3 is 1. The minimum atomic E-state index is -0.166. The van der Waals surface area contributed by atoms with E-state index in [1.54, 1.807) is 25.3 Å². The molecule has 0 bridgehead atoms. The fourth-order valence-electron chi connectivity index (χ4n) is 1.53. The van der Waals surface area contributed by atoms with Crippen molar-refractivity contribution in [2.75, 3.05) is 46.7 Å². The first-order chi connectivity index (χ1) is 10.1. The van der Waals surface area contributed by atoms with E-state index in [0.29, 0.717) is 54.9 Å². The van der Waals surface area contributed by atoms with Crippen LogP contribution >= 0.6 is 25.3 Å². The number of amides is 1. The molecule has 0 aromatic heterocycles. The highest BCUT2D eigenvalue weighted by Crippen LogP contribution is 2.16. The maximum absolute atomic E-state index is 11.9. The van der Waals surface area contributed by atoms with Gasteiger partial charge in [0.05, 0.1) is 33.0 Å².